The molecule has 156 valence electrons. The fourth-order valence-electron chi connectivity index (χ4n) is 2.63. The minimum Gasteiger partial charge on any atom is -0.482 e. The van der Waals surface area contributed by atoms with E-state index in [4.69, 9.17) is 16.3 Å². The number of ether oxygens (including phenoxy) is 1. The summed E-state index contributed by atoms with van der Waals surface area (Å²) in [5.74, 6) is 0.261. The van der Waals surface area contributed by atoms with E-state index in [0.29, 0.717) is 29.8 Å². The molecule has 0 fully saturated rings. The summed E-state index contributed by atoms with van der Waals surface area (Å²) < 4.78 is 6.45. The molecule has 29 heavy (non-hydrogen) atoms. The second-order valence-corrected chi connectivity index (χ2v) is 8.51. The maximum Gasteiger partial charge on any atom is 0.261 e. The van der Waals surface area contributed by atoms with E-state index in [0.717, 1.165) is 10.0 Å². The maximum atomic E-state index is 13.0. The van der Waals surface area contributed by atoms with Crippen molar-refractivity contribution in [3.63, 3.8) is 0 Å². The van der Waals surface area contributed by atoms with Gasteiger partial charge < -0.3 is 15.0 Å². The van der Waals surface area contributed by atoms with Crippen LogP contribution < -0.4 is 10.1 Å². The van der Waals surface area contributed by atoms with E-state index < -0.39 is 6.04 Å². The average Bonchev–Trinajstić information content (AvgIpc) is 2.69. The van der Waals surface area contributed by atoms with Crippen LogP contribution in [0.5, 0.6) is 5.75 Å². The molecular weight excluding hydrogens is 456 g/mol. The summed E-state index contributed by atoms with van der Waals surface area (Å²) in [6.45, 7) is 6.43. The van der Waals surface area contributed by atoms with Crippen molar-refractivity contribution in [1.29, 1.82) is 0 Å². The molecule has 0 spiro atoms. The third kappa shape index (κ3) is 7.37. The monoisotopic (exact) mass is 480 g/mol. The number of carbonyl (C=O) groups is 2. The lowest BCUT2D eigenvalue weighted by atomic mass is 10.1. The molecule has 5 nitrogen and oxygen atoms in total. The number of halogens is 2. The summed E-state index contributed by atoms with van der Waals surface area (Å²) in [6, 6.07) is 14.1. The van der Waals surface area contributed by atoms with Crippen molar-refractivity contribution in [2.75, 3.05) is 13.2 Å². The summed E-state index contributed by atoms with van der Waals surface area (Å²) in [6.07, 6.45) is 0. The van der Waals surface area contributed by atoms with Gasteiger partial charge in [0.05, 0.1) is 5.02 Å². The molecule has 2 amide bonds. The Bertz CT molecular complexity index is 830. The number of amides is 2. The van der Waals surface area contributed by atoms with E-state index in [2.05, 4.69) is 21.2 Å². The van der Waals surface area contributed by atoms with E-state index in [1.54, 1.807) is 25.1 Å². The average molecular weight is 482 g/mol. The Labute approximate surface area is 185 Å². The van der Waals surface area contributed by atoms with Gasteiger partial charge >= 0.3 is 0 Å². The Morgan fingerprint density at radius 3 is 2.45 bits per heavy atom. The highest BCUT2D eigenvalue weighted by molar-refractivity contribution is 9.10. The highest BCUT2D eigenvalue weighted by atomic mass is 79.9. The van der Waals surface area contributed by atoms with Crippen LogP contribution in [0.4, 0.5) is 0 Å². The Hall–Kier alpha value is -2.05. The predicted molar refractivity (Wildman–Crippen MR) is 119 cm³/mol. The van der Waals surface area contributed by atoms with Crippen molar-refractivity contribution in [3.05, 3.63) is 63.6 Å². The number of nitrogens with zero attached hydrogens (tertiary/aromatic N) is 1. The summed E-state index contributed by atoms with van der Waals surface area (Å²) >= 11 is 9.50. The molecule has 0 radical (unpaired) electrons. The van der Waals surface area contributed by atoms with E-state index >= 15 is 0 Å². The van der Waals surface area contributed by atoms with Crippen molar-refractivity contribution in [2.24, 2.45) is 5.92 Å². The van der Waals surface area contributed by atoms with Crippen LogP contribution >= 0.6 is 27.5 Å². The van der Waals surface area contributed by atoms with Crippen molar-refractivity contribution in [2.45, 2.75) is 33.4 Å². The molecule has 0 saturated heterocycles. The van der Waals surface area contributed by atoms with Crippen molar-refractivity contribution in [3.8, 4) is 5.75 Å². The zero-order valence-electron chi connectivity index (χ0n) is 16.8. The van der Waals surface area contributed by atoms with Gasteiger partial charge in [-0.2, -0.15) is 0 Å². The summed E-state index contributed by atoms with van der Waals surface area (Å²) in [5.41, 5.74) is 0.936. The zero-order valence-corrected chi connectivity index (χ0v) is 19.2. The number of rotatable bonds is 9. The number of carbonyl (C=O) groups excluding carboxylic acids is 2. The molecule has 0 saturated carbocycles. The molecule has 2 aromatic rings. The quantitative estimate of drug-likeness (QED) is 0.566. The molecule has 0 bridgehead atoms. The molecule has 2 rings (SSSR count). The molecule has 1 atom stereocenters. The summed E-state index contributed by atoms with van der Waals surface area (Å²) in [5, 5.41) is 3.30. The fourth-order valence-corrected chi connectivity index (χ4v) is 3.36. The first-order chi connectivity index (χ1) is 13.8. The highest BCUT2D eigenvalue weighted by Gasteiger charge is 2.26. The standard InChI is InChI=1S/C22H26BrClN2O3/c1-15(2)12-25-22(28)16(3)26(13-17-7-5-4-6-8-17)21(27)14-29-20-10-9-18(23)11-19(20)24/h4-11,15-16H,12-14H2,1-3H3,(H,25,28)/t16-/m0/s1. The maximum absolute atomic E-state index is 13.0. The Kier molecular flexibility index (Phi) is 8.99. The molecule has 2 aromatic carbocycles. The Balaban J connectivity index is 2.12. The van der Waals surface area contributed by atoms with Gasteiger partial charge in [0.25, 0.3) is 5.91 Å². The van der Waals surface area contributed by atoms with Crippen LogP contribution in [0.15, 0.2) is 53.0 Å². The van der Waals surface area contributed by atoms with E-state index in [9.17, 15) is 9.59 Å². The van der Waals surface area contributed by atoms with Crippen molar-refractivity contribution >= 4 is 39.3 Å². The summed E-state index contributed by atoms with van der Waals surface area (Å²) in [4.78, 5) is 27.1. The zero-order chi connectivity index (χ0) is 21.4. The van der Waals surface area contributed by atoms with Crippen LogP contribution in [0.25, 0.3) is 0 Å². The third-order valence-electron chi connectivity index (χ3n) is 4.29. The van der Waals surface area contributed by atoms with Gasteiger partial charge in [0.1, 0.15) is 11.8 Å². The first-order valence-corrected chi connectivity index (χ1v) is 10.6. The molecule has 0 unspecified atom stereocenters. The lowest BCUT2D eigenvalue weighted by molar-refractivity contribution is -0.142. The first kappa shape index (κ1) is 23.2. The number of hydrogen-bond acceptors (Lipinski definition) is 3. The molecule has 1 N–H and O–H groups in total. The highest BCUT2D eigenvalue weighted by Crippen LogP contribution is 2.27. The molecule has 0 heterocycles. The second-order valence-electron chi connectivity index (χ2n) is 7.19. The SMILES string of the molecule is CC(C)CNC(=O)[C@H](C)N(Cc1ccccc1)C(=O)COc1ccc(Br)cc1Cl. The van der Waals surface area contributed by atoms with Gasteiger partial charge in [-0.25, -0.2) is 0 Å². The minimum absolute atomic E-state index is 0.190. The van der Waals surface area contributed by atoms with Crippen LogP contribution in [0.2, 0.25) is 5.02 Å². The van der Waals surface area contributed by atoms with E-state index in [-0.39, 0.29) is 18.4 Å². The fraction of sp³-hybridized carbons (Fsp3) is 0.364. The van der Waals surface area contributed by atoms with Crippen LogP contribution in [0.3, 0.4) is 0 Å². The van der Waals surface area contributed by atoms with Crippen LogP contribution in [0.1, 0.15) is 26.3 Å². The van der Waals surface area contributed by atoms with Gasteiger partial charge in [-0.05, 0) is 36.6 Å². The van der Waals surface area contributed by atoms with Crippen LogP contribution in [0, 0.1) is 5.92 Å². The lowest BCUT2D eigenvalue weighted by Gasteiger charge is -2.29. The van der Waals surface area contributed by atoms with Crippen molar-refractivity contribution in [1.82, 2.24) is 10.2 Å². The minimum atomic E-state index is -0.634. The van der Waals surface area contributed by atoms with Crippen molar-refractivity contribution < 1.29 is 14.3 Å². The molecule has 0 aliphatic heterocycles. The van der Waals surface area contributed by atoms with Gasteiger partial charge in [0, 0.05) is 17.6 Å². The van der Waals surface area contributed by atoms with Gasteiger partial charge in [-0.1, -0.05) is 71.7 Å². The molecule has 7 heteroatoms. The number of hydrogen-bond donors (Lipinski definition) is 1. The Morgan fingerprint density at radius 2 is 1.83 bits per heavy atom. The van der Waals surface area contributed by atoms with Gasteiger partial charge in [-0.3, -0.25) is 9.59 Å². The smallest absolute Gasteiger partial charge is 0.261 e. The molecule has 0 aromatic heterocycles. The first-order valence-electron chi connectivity index (χ1n) is 9.47. The van der Waals surface area contributed by atoms with E-state index in [1.165, 1.54) is 4.90 Å². The van der Waals surface area contributed by atoms with E-state index in [1.807, 2.05) is 44.2 Å². The normalized spacial score (nSPS) is 11.8. The number of benzene rings is 2. The van der Waals surface area contributed by atoms with Gasteiger partial charge in [0.2, 0.25) is 5.91 Å². The summed E-state index contributed by atoms with van der Waals surface area (Å²) in [7, 11) is 0. The van der Waals surface area contributed by atoms with Crippen LogP contribution in [-0.2, 0) is 16.1 Å². The topological polar surface area (TPSA) is 58.6 Å². The molecule has 0 aliphatic carbocycles. The number of nitrogens with one attached hydrogen (secondary N) is 1. The Morgan fingerprint density at radius 1 is 1.14 bits per heavy atom. The van der Waals surface area contributed by atoms with Crippen LogP contribution in [-0.4, -0.2) is 35.9 Å². The van der Waals surface area contributed by atoms with Gasteiger partial charge in [-0.15, -0.1) is 0 Å². The lowest BCUT2D eigenvalue weighted by Crippen LogP contribution is -2.49. The predicted octanol–water partition coefficient (Wildman–Crippen LogP) is 4.67. The molecular formula is C22H26BrClN2O3. The largest absolute Gasteiger partial charge is 0.482 e. The second kappa shape index (κ2) is 11.2. The van der Waals surface area contributed by atoms with Gasteiger partial charge in [0.15, 0.2) is 6.61 Å². The molecule has 0 aliphatic rings. The third-order valence-corrected chi connectivity index (χ3v) is 5.08.